The molecule has 0 aliphatic heterocycles. The number of rotatable bonds is 0. The van der Waals surface area contributed by atoms with Crippen LogP contribution in [0.15, 0.2) is 17.5 Å². The van der Waals surface area contributed by atoms with Crippen molar-refractivity contribution < 1.29 is 0 Å². The summed E-state index contributed by atoms with van der Waals surface area (Å²) >= 11 is 13.5. The molecule has 0 saturated heterocycles. The zero-order valence-electron chi connectivity index (χ0n) is 5.97. The molecular weight excluding hydrogens is 213 g/mol. The van der Waals surface area contributed by atoms with Gasteiger partial charge in [0, 0.05) is 15.5 Å². The molecule has 0 fully saturated rings. The number of halogens is 2. The minimum atomic E-state index is 0.554. The molecule has 0 aliphatic carbocycles. The Morgan fingerprint density at radius 1 is 1.25 bits per heavy atom. The van der Waals surface area contributed by atoms with Crippen LogP contribution in [0.25, 0.3) is 10.1 Å². The van der Waals surface area contributed by atoms with Crippen LogP contribution in [-0.4, -0.2) is 0 Å². The number of anilines is 1. The smallest absolute Gasteiger partial charge is 0.0737 e. The molecule has 2 N–H and O–H groups in total. The SMILES string of the molecule is Nc1ccc2scc(Cl)c2c1Cl. The Labute approximate surface area is 83.7 Å². The molecule has 2 rings (SSSR count). The fraction of sp³-hybridized carbons (Fsp3) is 0. The Morgan fingerprint density at radius 3 is 2.75 bits per heavy atom. The molecule has 0 bridgehead atoms. The molecule has 0 unspecified atom stereocenters. The van der Waals surface area contributed by atoms with Crippen molar-refractivity contribution in [1.29, 1.82) is 0 Å². The van der Waals surface area contributed by atoms with E-state index in [0.717, 1.165) is 10.1 Å². The van der Waals surface area contributed by atoms with Gasteiger partial charge < -0.3 is 5.73 Å². The van der Waals surface area contributed by atoms with Crippen molar-refractivity contribution in [2.45, 2.75) is 0 Å². The second-order valence-corrected chi connectivity index (χ2v) is 4.12. The highest BCUT2D eigenvalue weighted by Crippen LogP contribution is 2.37. The van der Waals surface area contributed by atoms with Crippen LogP contribution in [-0.2, 0) is 0 Å². The van der Waals surface area contributed by atoms with Crippen LogP contribution in [0.5, 0.6) is 0 Å². The number of thiophene rings is 1. The van der Waals surface area contributed by atoms with Gasteiger partial charge in [0.05, 0.1) is 15.7 Å². The van der Waals surface area contributed by atoms with Gasteiger partial charge in [-0.2, -0.15) is 0 Å². The molecule has 0 spiro atoms. The van der Waals surface area contributed by atoms with Crippen LogP contribution in [0.4, 0.5) is 5.69 Å². The van der Waals surface area contributed by atoms with E-state index in [1.807, 2.05) is 11.4 Å². The van der Waals surface area contributed by atoms with Crippen LogP contribution < -0.4 is 5.73 Å². The number of benzene rings is 1. The van der Waals surface area contributed by atoms with Crippen LogP contribution in [0.1, 0.15) is 0 Å². The van der Waals surface area contributed by atoms with E-state index in [0.29, 0.717) is 15.7 Å². The third-order valence-electron chi connectivity index (χ3n) is 1.66. The second-order valence-electron chi connectivity index (χ2n) is 2.43. The summed E-state index contributed by atoms with van der Waals surface area (Å²) in [5.74, 6) is 0. The lowest BCUT2D eigenvalue weighted by Crippen LogP contribution is -1.84. The first-order valence-electron chi connectivity index (χ1n) is 3.31. The van der Waals surface area contributed by atoms with E-state index in [2.05, 4.69) is 0 Å². The van der Waals surface area contributed by atoms with Gasteiger partial charge in [-0.1, -0.05) is 23.2 Å². The predicted molar refractivity (Wildman–Crippen MR) is 56.3 cm³/mol. The van der Waals surface area contributed by atoms with Crippen LogP contribution >= 0.6 is 34.5 Å². The lowest BCUT2D eigenvalue weighted by atomic mass is 10.2. The Balaban J connectivity index is 2.96. The van der Waals surface area contributed by atoms with E-state index in [1.54, 1.807) is 17.4 Å². The molecule has 0 amide bonds. The summed E-state index contributed by atoms with van der Waals surface area (Å²) in [4.78, 5) is 0. The molecule has 0 aliphatic rings. The Morgan fingerprint density at radius 2 is 2.00 bits per heavy atom. The lowest BCUT2D eigenvalue weighted by Gasteiger charge is -1.98. The zero-order chi connectivity index (χ0) is 8.72. The number of hydrogen-bond acceptors (Lipinski definition) is 2. The first-order valence-corrected chi connectivity index (χ1v) is 4.94. The predicted octanol–water partition coefficient (Wildman–Crippen LogP) is 3.79. The summed E-state index contributed by atoms with van der Waals surface area (Å²) in [6.45, 7) is 0. The van der Waals surface area contributed by atoms with Crippen molar-refractivity contribution in [3.8, 4) is 0 Å². The molecule has 0 radical (unpaired) electrons. The van der Waals surface area contributed by atoms with E-state index in [-0.39, 0.29) is 0 Å². The first kappa shape index (κ1) is 8.17. The molecule has 1 aromatic heterocycles. The Kier molecular flexibility index (Phi) is 1.91. The maximum atomic E-state index is 5.97. The minimum Gasteiger partial charge on any atom is -0.398 e. The maximum Gasteiger partial charge on any atom is 0.0737 e. The summed E-state index contributed by atoms with van der Waals surface area (Å²) in [6, 6.07) is 3.71. The summed E-state index contributed by atoms with van der Waals surface area (Å²) < 4.78 is 1.07. The van der Waals surface area contributed by atoms with Crippen LogP contribution in [0.3, 0.4) is 0 Å². The summed E-state index contributed by atoms with van der Waals surface area (Å²) in [7, 11) is 0. The number of nitrogen functional groups attached to an aromatic ring is 1. The average molecular weight is 218 g/mol. The molecule has 12 heavy (non-hydrogen) atoms. The number of fused-ring (bicyclic) bond motifs is 1. The molecule has 1 nitrogen and oxygen atoms in total. The molecule has 0 atom stereocenters. The monoisotopic (exact) mass is 217 g/mol. The summed E-state index contributed by atoms with van der Waals surface area (Å²) in [5, 5.41) is 3.95. The summed E-state index contributed by atoms with van der Waals surface area (Å²) in [6.07, 6.45) is 0. The van der Waals surface area contributed by atoms with E-state index < -0.39 is 0 Å². The van der Waals surface area contributed by atoms with Gasteiger partial charge in [0.2, 0.25) is 0 Å². The van der Waals surface area contributed by atoms with Gasteiger partial charge in [0.25, 0.3) is 0 Å². The van der Waals surface area contributed by atoms with Gasteiger partial charge in [-0.3, -0.25) is 0 Å². The van der Waals surface area contributed by atoms with Crippen LogP contribution in [0, 0.1) is 0 Å². The Bertz CT molecular complexity index is 436. The molecule has 1 aromatic carbocycles. The Hall–Kier alpha value is -0.440. The van der Waals surface area contributed by atoms with E-state index in [4.69, 9.17) is 28.9 Å². The van der Waals surface area contributed by atoms with E-state index in [1.165, 1.54) is 0 Å². The highest BCUT2D eigenvalue weighted by Gasteiger charge is 2.07. The van der Waals surface area contributed by atoms with Crippen molar-refractivity contribution in [2.75, 3.05) is 5.73 Å². The van der Waals surface area contributed by atoms with Crippen LogP contribution in [0.2, 0.25) is 10.0 Å². The van der Waals surface area contributed by atoms with Gasteiger partial charge in [-0.15, -0.1) is 11.3 Å². The van der Waals surface area contributed by atoms with E-state index in [9.17, 15) is 0 Å². The lowest BCUT2D eigenvalue weighted by molar-refractivity contribution is 1.78. The number of hydrogen-bond donors (Lipinski definition) is 1. The van der Waals surface area contributed by atoms with Crippen molar-refractivity contribution in [2.24, 2.45) is 0 Å². The highest BCUT2D eigenvalue weighted by molar-refractivity contribution is 7.18. The third kappa shape index (κ3) is 1.07. The van der Waals surface area contributed by atoms with Gasteiger partial charge >= 0.3 is 0 Å². The third-order valence-corrected chi connectivity index (χ3v) is 3.44. The molecule has 62 valence electrons. The fourth-order valence-electron chi connectivity index (χ4n) is 1.07. The minimum absolute atomic E-state index is 0.554. The first-order chi connectivity index (χ1) is 5.70. The standard InChI is InChI=1S/C8H5Cl2NS/c9-4-3-12-6-2-1-5(11)8(10)7(4)6/h1-3H,11H2. The van der Waals surface area contributed by atoms with Crippen molar-refractivity contribution in [1.82, 2.24) is 0 Å². The van der Waals surface area contributed by atoms with Gasteiger partial charge in [0.1, 0.15) is 0 Å². The maximum absolute atomic E-state index is 5.97. The van der Waals surface area contributed by atoms with E-state index >= 15 is 0 Å². The normalized spacial score (nSPS) is 10.8. The second kappa shape index (κ2) is 2.80. The molecule has 0 saturated carbocycles. The quantitative estimate of drug-likeness (QED) is 0.669. The van der Waals surface area contributed by atoms with Crippen molar-refractivity contribution in [3.63, 3.8) is 0 Å². The largest absolute Gasteiger partial charge is 0.398 e. The van der Waals surface area contributed by atoms with Gasteiger partial charge in [-0.25, -0.2) is 0 Å². The summed E-state index contributed by atoms with van der Waals surface area (Å²) in [5.41, 5.74) is 6.20. The molecule has 4 heteroatoms. The molecule has 2 aromatic rings. The average Bonchev–Trinajstić information content (AvgIpc) is 2.41. The zero-order valence-corrected chi connectivity index (χ0v) is 8.30. The molecule has 1 heterocycles. The fourth-order valence-corrected chi connectivity index (χ4v) is 2.65. The highest BCUT2D eigenvalue weighted by atomic mass is 35.5. The number of nitrogens with two attached hydrogens (primary N) is 1. The molecular formula is C8H5Cl2NS. The van der Waals surface area contributed by atoms with Gasteiger partial charge in [-0.05, 0) is 12.1 Å². The van der Waals surface area contributed by atoms with Crippen molar-refractivity contribution in [3.05, 3.63) is 27.6 Å². The van der Waals surface area contributed by atoms with Gasteiger partial charge in [0.15, 0.2) is 0 Å². The topological polar surface area (TPSA) is 26.0 Å². The van der Waals surface area contributed by atoms with Crippen molar-refractivity contribution >= 4 is 50.3 Å².